The third kappa shape index (κ3) is 2.54. The summed E-state index contributed by atoms with van der Waals surface area (Å²) in [7, 11) is 0. The van der Waals surface area contributed by atoms with Crippen LogP contribution in [-0.2, 0) is 4.79 Å². The lowest BCUT2D eigenvalue weighted by Crippen LogP contribution is -2.23. The molecule has 0 unspecified atom stereocenters. The predicted octanol–water partition coefficient (Wildman–Crippen LogP) is 1.23. The highest BCUT2D eigenvalue weighted by molar-refractivity contribution is 9.10. The quantitative estimate of drug-likeness (QED) is 0.769. The van der Waals surface area contributed by atoms with Crippen molar-refractivity contribution in [1.82, 2.24) is 0 Å². The molecule has 0 aromatic heterocycles. The van der Waals surface area contributed by atoms with E-state index in [1.807, 2.05) is 0 Å². The first-order chi connectivity index (χ1) is 6.93. The Morgan fingerprint density at radius 3 is 2.40 bits per heavy atom. The molecule has 0 radical (unpaired) electrons. The summed E-state index contributed by atoms with van der Waals surface area (Å²) < 4.78 is 0.583. The number of hydrogen-bond donors (Lipinski definition) is 3. The Morgan fingerprint density at radius 2 is 1.93 bits per heavy atom. The van der Waals surface area contributed by atoms with E-state index in [0.717, 1.165) is 0 Å². The largest absolute Gasteiger partial charge is 0.480 e. The molecule has 0 aliphatic rings. The van der Waals surface area contributed by atoms with Crippen LogP contribution in [0.15, 0.2) is 22.7 Å². The Bertz CT molecular complexity index is 419. The lowest BCUT2D eigenvalue weighted by atomic mass is 10.0. The van der Waals surface area contributed by atoms with Crippen LogP contribution < -0.4 is 5.73 Å². The Labute approximate surface area is 93.6 Å². The normalized spacial score (nSPS) is 12.1. The molecule has 1 aromatic rings. The van der Waals surface area contributed by atoms with Gasteiger partial charge in [0, 0.05) is 4.47 Å². The molecule has 1 rings (SSSR count). The van der Waals surface area contributed by atoms with E-state index in [9.17, 15) is 9.59 Å². The number of carboxylic acid groups (broad SMARTS) is 2. The molecule has 0 saturated heterocycles. The van der Waals surface area contributed by atoms with Gasteiger partial charge in [-0.2, -0.15) is 0 Å². The Kier molecular flexibility index (Phi) is 3.43. The third-order valence-electron chi connectivity index (χ3n) is 1.85. The van der Waals surface area contributed by atoms with Crippen molar-refractivity contribution in [3.63, 3.8) is 0 Å². The standard InChI is InChI=1S/C9H8BrNO4/c10-4-1-2-5(8(12)13)6(3-4)7(11)9(14)15/h1-3,7H,11H2,(H,12,13)(H,14,15)/t7-/m0/s1. The summed E-state index contributed by atoms with van der Waals surface area (Å²) in [4.78, 5) is 21.4. The van der Waals surface area contributed by atoms with Gasteiger partial charge in [-0.25, -0.2) is 4.79 Å². The second kappa shape index (κ2) is 4.41. The molecule has 0 saturated carbocycles. The minimum Gasteiger partial charge on any atom is -0.480 e. The average Bonchev–Trinajstić information content (AvgIpc) is 2.15. The molecule has 6 heteroatoms. The van der Waals surface area contributed by atoms with Crippen LogP contribution in [0.2, 0.25) is 0 Å². The zero-order valence-electron chi connectivity index (χ0n) is 7.48. The van der Waals surface area contributed by atoms with E-state index in [1.54, 1.807) is 0 Å². The van der Waals surface area contributed by atoms with Crippen LogP contribution in [0.1, 0.15) is 22.0 Å². The van der Waals surface area contributed by atoms with Crippen LogP contribution in [0.3, 0.4) is 0 Å². The number of benzene rings is 1. The van der Waals surface area contributed by atoms with E-state index >= 15 is 0 Å². The zero-order chi connectivity index (χ0) is 11.6. The molecule has 1 atom stereocenters. The molecule has 0 bridgehead atoms. The number of carboxylic acids is 2. The molecule has 0 amide bonds. The van der Waals surface area contributed by atoms with Crippen molar-refractivity contribution >= 4 is 27.9 Å². The highest BCUT2D eigenvalue weighted by Crippen LogP contribution is 2.21. The maximum Gasteiger partial charge on any atom is 0.336 e. The van der Waals surface area contributed by atoms with Crippen LogP contribution in [0.25, 0.3) is 0 Å². The van der Waals surface area contributed by atoms with E-state index in [-0.39, 0.29) is 11.1 Å². The number of carbonyl (C=O) groups is 2. The van der Waals surface area contributed by atoms with E-state index in [4.69, 9.17) is 15.9 Å². The van der Waals surface area contributed by atoms with Crippen LogP contribution in [0.5, 0.6) is 0 Å². The number of nitrogens with two attached hydrogens (primary N) is 1. The van der Waals surface area contributed by atoms with Crippen molar-refractivity contribution in [2.75, 3.05) is 0 Å². The molecular formula is C9H8BrNO4. The summed E-state index contributed by atoms with van der Waals surface area (Å²) in [6.07, 6.45) is 0. The van der Waals surface area contributed by atoms with Crippen molar-refractivity contribution in [2.24, 2.45) is 5.73 Å². The molecular weight excluding hydrogens is 266 g/mol. The fraction of sp³-hybridized carbons (Fsp3) is 0.111. The molecule has 0 spiro atoms. The summed E-state index contributed by atoms with van der Waals surface area (Å²) in [6, 6.07) is 2.88. The SMILES string of the molecule is N[C@H](C(=O)O)c1cc(Br)ccc1C(=O)O. The molecule has 0 heterocycles. The van der Waals surface area contributed by atoms with Crippen LogP contribution in [0, 0.1) is 0 Å². The summed E-state index contributed by atoms with van der Waals surface area (Å²) in [5, 5.41) is 17.5. The first kappa shape index (κ1) is 11.7. The van der Waals surface area contributed by atoms with Crippen molar-refractivity contribution in [2.45, 2.75) is 6.04 Å². The van der Waals surface area contributed by atoms with E-state index in [1.165, 1.54) is 18.2 Å². The topological polar surface area (TPSA) is 101 Å². The summed E-state index contributed by atoms with van der Waals surface area (Å²) >= 11 is 3.12. The molecule has 1 aromatic carbocycles. The van der Waals surface area contributed by atoms with Crippen LogP contribution in [-0.4, -0.2) is 22.2 Å². The molecule has 0 fully saturated rings. The number of aromatic carboxylic acids is 1. The van der Waals surface area contributed by atoms with Gasteiger partial charge in [0.05, 0.1) is 5.56 Å². The highest BCUT2D eigenvalue weighted by Gasteiger charge is 2.21. The molecule has 0 aliphatic heterocycles. The maximum absolute atomic E-state index is 10.8. The Hall–Kier alpha value is -1.40. The summed E-state index contributed by atoms with van der Waals surface area (Å²) in [5.41, 5.74) is 5.33. The fourth-order valence-electron chi connectivity index (χ4n) is 1.12. The van der Waals surface area contributed by atoms with Gasteiger partial charge in [-0.15, -0.1) is 0 Å². The Balaban J connectivity index is 3.30. The first-order valence-electron chi connectivity index (χ1n) is 3.94. The van der Waals surface area contributed by atoms with Gasteiger partial charge in [0.25, 0.3) is 0 Å². The number of halogens is 1. The van der Waals surface area contributed by atoms with E-state index in [2.05, 4.69) is 15.9 Å². The van der Waals surface area contributed by atoms with Gasteiger partial charge in [0.15, 0.2) is 0 Å². The average molecular weight is 274 g/mol. The second-order valence-corrected chi connectivity index (χ2v) is 3.77. The predicted molar refractivity (Wildman–Crippen MR) is 55.7 cm³/mol. The fourth-order valence-corrected chi connectivity index (χ4v) is 1.50. The Morgan fingerprint density at radius 1 is 1.33 bits per heavy atom. The van der Waals surface area contributed by atoms with Gasteiger partial charge in [-0.3, -0.25) is 4.79 Å². The molecule has 5 nitrogen and oxygen atoms in total. The summed E-state index contributed by atoms with van der Waals surface area (Å²) in [5.74, 6) is -2.47. The van der Waals surface area contributed by atoms with Crippen molar-refractivity contribution < 1.29 is 19.8 Å². The van der Waals surface area contributed by atoms with E-state index in [0.29, 0.717) is 4.47 Å². The molecule has 15 heavy (non-hydrogen) atoms. The van der Waals surface area contributed by atoms with Gasteiger partial charge in [0.2, 0.25) is 0 Å². The molecule has 4 N–H and O–H groups in total. The van der Waals surface area contributed by atoms with Crippen molar-refractivity contribution in [3.8, 4) is 0 Å². The number of hydrogen-bond acceptors (Lipinski definition) is 3. The number of rotatable bonds is 3. The van der Waals surface area contributed by atoms with Crippen molar-refractivity contribution in [3.05, 3.63) is 33.8 Å². The van der Waals surface area contributed by atoms with Gasteiger partial charge in [-0.1, -0.05) is 15.9 Å². The minimum atomic E-state index is -1.34. The maximum atomic E-state index is 10.8. The first-order valence-corrected chi connectivity index (χ1v) is 4.74. The monoisotopic (exact) mass is 273 g/mol. The zero-order valence-corrected chi connectivity index (χ0v) is 9.06. The van der Waals surface area contributed by atoms with Crippen molar-refractivity contribution in [1.29, 1.82) is 0 Å². The summed E-state index contributed by atoms with van der Waals surface area (Å²) in [6.45, 7) is 0. The van der Waals surface area contributed by atoms with Gasteiger partial charge < -0.3 is 15.9 Å². The van der Waals surface area contributed by atoms with Crippen LogP contribution >= 0.6 is 15.9 Å². The van der Waals surface area contributed by atoms with Gasteiger partial charge in [0.1, 0.15) is 6.04 Å². The number of aliphatic carboxylic acids is 1. The van der Waals surface area contributed by atoms with Crippen LogP contribution in [0.4, 0.5) is 0 Å². The smallest absolute Gasteiger partial charge is 0.336 e. The highest BCUT2D eigenvalue weighted by atomic mass is 79.9. The van der Waals surface area contributed by atoms with E-state index < -0.39 is 18.0 Å². The van der Waals surface area contributed by atoms with Gasteiger partial charge >= 0.3 is 11.9 Å². The third-order valence-corrected chi connectivity index (χ3v) is 2.34. The molecule has 80 valence electrons. The lowest BCUT2D eigenvalue weighted by Gasteiger charge is -2.10. The lowest BCUT2D eigenvalue weighted by molar-refractivity contribution is -0.138. The second-order valence-electron chi connectivity index (χ2n) is 2.85. The van der Waals surface area contributed by atoms with Gasteiger partial charge in [-0.05, 0) is 23.8 Å². The molecule has 0 aliphatic carbocycles. The minimum absolute atomic E-state index is 0.0735.